The predicted octanol–water partition coefficient (Wildman–Crippen LogP) is 1.000. The van der Waals surface area contributed by atoms with E-state index in [1.807, 2.05) is 13.8 Å². The number of hydrogen-bond acceptors (Lipinski definition) is 4. The maximum absolute atomic E-state index is 12.1. The SMILES string of the molecule is CCOC(=O)C1CCCN1S(=O)(=O)CC(C)C. The molecule has 0 N–H and O–H groups in total. The number of sulfonamides is 1. The number of hydrogen-bond donors (Lipinski definition) is 0. The Hall–Kier alpha value is -0.620. The third-order valence-corrected chi connectivity index (χ3v) is 4.90. The fourth-order valence-electron chi connectivity index (χ4n) is 2.06. The Kier molecular flexibility index (Phi) is 4.94. The van der Waals surface area contributed by atoms with E-state index in [2.05, 4.69) is 0 Å². The topological polar surface area (TPSA) is 63.7 Å². The Morgan fingerprint density at radius 3 is 2.65 bits per heavy atom. The molecule has 0 aliphatic carbocycles. The van der Waals surface area contributed by atoms with Crippen LogP contribution in [-0.2, 0) is 19.6 Å². The zero-order valence-electron chi connectivity index (χ0n) is 10.7. The quantitative estimate of drug-likeness (QED) is 0.694. The van der Waals surface area contributed by atoms with E-state index in [1.54, 1.807) is 6.92 Å². The van der Waals surface area contributed by atoms with E-state index in [-0.39, 0.29) is 18.3 Å². The molecule has 5 nitrogen and oxygen atoms in total. The van der Waals surface area contributed by atoms with Crippen LogP contribution in [0.1, 0.15) is 33.6 Å². The molecule has 1 atom stereocenters. The molecule has 1 heterocycles. The van der Waals surface area contributed by atoms with Gasteiger partial charge >= 0.3 is 5.97 Å². The van der Waals surface area contributed by atoms with Crippen molar-refractivity contribution in [3.8, 4) is 0 Å². The van der Waals surface area contributed by atoms with E-state index in [0.717, 1.165) is 6.42 Å². The van der Waals surface area contributed by atoms with E-state index in [1.165, 1.54) is 4.31 Å². The van der Waals surface area contributed by atoms with Crippen LogP contribution in [0, 0.1) is 5.92 Å². The summed E-state index contributed by atoms with van der Waals surface area (Å²) in [4.78, 5) is 11.7. The van der Waals surface area contributed by atoms with Crippen LogP contribution in [0.15, 0.2) is 0 Å². The molecule has 1 saturated heterocycles. The molecule has 1 aliphatic heterocycles. The van der Waals surface area contributed by atoms with E-state index in [0.29, 0.717) is 13.0 Å². The summed E-state index contributed by atoms with van der Waals surface area (Å²) in [6.45, 7) is 6.14. The predicted molar refractivity (Wildman–Crippen MR) is 65.0 cm³/mol. The van der Waals surface area contributed by atoms with Gasteiger partial charge in [-0.25, -0.2) is 8.42 Å². The van der Waals surface area contributed by atoms with E-state index in [9.17, 15) is 13.2 Å². The molecule has 0 radical (unpaired) electrons. The van der Waals surface area contributed by atoms with Gasteiger partial charge in [0.05, 0.1) is 12.4 Å². The first kappa shape index (κ1) is 14.4. The van der Waals surface area contributed by atoms with E-state index in [4.69, 9.17) is 4.74 Å². The van der Waals surface area contributed by atoms with E-state index < -0.39 is 22.0 Å². The lowest BCUT2D eigenvalue weighted by Crippen LogP contribution is -2.43. The average molecular weight is 263 g/mol. The molecule has 1 rings (SSSR count). The Morgan fingerprint density at radius 1 is 1.47 bits per heavy atom. The molecule has 0 saturated carbocycles. The molecule has 1 unspecified atom stereocenters. The second-order valence-electron chi connectivity index (χ2n) is 4.69. The summed E-state index contributed by atoms with van der Waals surface area (Å²) >= 11 is 0. The van der Waals surface area contributed by atoms with Gasteiger partial charge in [-0.05, 0) is 25.7 Å². The lowest BCUT2D eigenvalue weighted by atomic mass is 10.2. The van der Waals surface area contributed by atoms with Crippen molar-refractivity contribution in [3.05, 3.63) is 0 Å². The van der Waals surface area contributed by atoms with Gasteiger partial charge in [0.15, 0.2) is 0 Å². The van der Waals surface area contributed by atoms with Crippen LogP contribution < -0.4 is 0 Å². The largest absolute Gasteiger partial charge is 0.465 e. The van der Waals surface area contributed by atoms with Crippen molar-refractivity contribution in [1.82, 2.24) is 4.31 Å². The molecule has 17 heavy (non-hydrogen) atoms. The normalized spacial score (nSPS) is 22.0. The van der Waals surface area contributed by atoms with Gasteiger partial charge in [-0.1, -0.05) is 13.8 Å². The first-order valence-corrected chi connectivity index (χ1v) is 7.65. The number of ether oxygens (including phenoxy) is 1. The molecule has 0 spiro atoms. The van der Waals surface area contributed by atoms with Crippen molar-refractivity contribution >= 4 is 16.0 Å². The number of rotatable bonds is 5. The average Bonchev–Trinajstić information content (AvgIpc) is 2.64. The van der Waals surface area contributed by atoms with Crippen molar-refractivity contribution in [2.24, 2.45) is 5.92 Å². The third-order valence-electron chi connectivity index (χ3n) is 2.66. The highest BCUT2D eigenvalue weighted by atomic mass is 32.2. The molecular formula is C11H21NO4S. The molecule has 6 heteroatoms. The van der Waals surface area contributed by atoms with Gasteiger partial charge in [-0.2, -0.15) is 4.31 Å². The number of nitrogens with zero attached hydrogens (tertiary/aromatic N) is 1. The maximum Gasteiger partial charge on any atom is 0.324 e. The highest BCUT2D eigenvalue weighted by molar-refractivity contribution is 7.89. The molecule has 0 bridgehead atoms. The van der Waals surface area contributed by atoms with Crippen LogP contribution in [-0.4, -0.2) is 43.6 Å². The Morgan fingerprint density at radius 2 is 2.12 bits per heavy atom. The van der Waals surface area contributed by atoms with Gasteiger partial charge in [0.2, 0.25) is 10.0 Å². The van der Waals surface area contributed by atoms with Crippen molar-refractivity contribution in [2.75, 3.05) is 18.9 Å². The minimum atomic E-state index is -3.34. The molecule has 1 fully saturated rings. The monoisotopic (exact) mass is 263 g/mol. The van der Waals surface area contributed by atoms with Crippen molar-refractivity contribution in [2.45, 2.75) is 39.7 Å². The summed E-state index contributed by atoms with van der Waals surface area (Å²) in [6, 6.07) is -0.612. The lowest BCUT2D eigenvalue weighted by Gasteiger charge is -2.23. The van der Waals surface area contributed by atoms with Gasteiger partial charge in [0.1, 0.15) is 6.04 Å². The van der Waals surface area contributed by atoms with Crippen molar-refractivity contribution in [1.29, 1.82) is 0 Å². The van der Waals surface area contributed by atoms with Gasteiger partial charge < -0.3 is 4.74 Å². The highest BCUT2D eigenvalue weighted by Crippen LogP contribution is 2.23. The van der Waals surface area contributed by atoms with Crippen LogP contribution in [0.25, 0.3) is 0 Å². The fraction of sp³-hybridized carbons (Fsp3) is 0.909. The molecule has 0 aromatic carbocycles. The summed E-state index contributed by atoms with van der Waals surface area (Å²) in [6.07, 6.45) is 1.29. The number of esters is 1. The summed E-state index contributed by atoms with van der Waals surface area (Å²) in [5, 5.41) is 0. The highest BCUT2D eigenvalue weighted by Gasteiger charge is 2.39. The fourth-order valence-corrected chi connectivity index (χ4v) is 4.08. The van der Waals surface area contributed by atoms with Gasteiger partial charge in [-0.3, -0.25) is 4.79 Å². The van der Waals surface area contributed by atoms with Crippen LogP contribution in [0.4, 0.5) is 0 Å². The summed E-state index contributed by atoms with van der Waals surface area (Å²) < 4.78 is 30.4. The Bertz CT molecular complexity index is 364. The minimum Gasteiger partial charge on any atom is -0.465 e. The van der Waals surface area contributed by atoms with E-state index >= 15 is 0 Å². The molecule has 0 aromatic rings. The van der Waals surface area contributed by atoms with Crippen LogP contribution >= 0.6 is 0 Å². The molecule has 1 aliphatic rings. The van der Waals surface area contributed by atoms with Gasteiger partial charge in [0.25, 0.3) is 0 Å². The second-order valence-corrected chi connectivity index (χ2v) is 6.66. The zero-order chi connectivity index (χ0) is 13.1. The number of carbonyl (C=O) groups is 1. The number of carbonyl (C=O) groups excluding carboxylic acids is 1. The standard InChI is InChI=1S/C11H21NO4S/c1-4-16-11(13)10-6-5-7-12(10)17(14,15)8-9(2)3/h9-10H,4-8H2,1-3H3. The zero-order valence-corrected chi connectivity index (χ0v) is 11.5. The third kappa shape index (κ3) is 3.67. The molecule has 100 valence electrons. The second kappa shape index (κ2) is 5.82. The Labute approximate surface area is 103 Å². The lowest BCUT2D eigenvalue weighted by molar-refractivity contribution is -0.146. The maximum atomic E-state index is 12.1. The van der Waals surface area contributed by atoms with Crippen LogP contribution in [0.2, 0.25) is 0 Å². The van der Waals surface area contributed by atoms with Crippen molar-refractivity contribution < 1.29 is 17.9 Å². The first-order chi connectivity index (χ1) is 7.88. The smallest absolute Gasteiger partial charge is 0.324 e. The minimum absolute atomic E-state index is 0.0587. The van der Waals surface area contributed by atoms with Gasteiger partial charge in [0, 0.05) is 6.54 Å². The Balaban J connectivity index is 2.78. The summed E-state index contributed by atoms with van der Waals surface area (Å²) in [7, 11) is -3.34. The van der Waals surface area contributed by atoms with Crippen molar-refractivity contribution in [3.63, 3.8) is 0 Å². The molecular weight excluding hydrogens is 242 g/mol. The molecule has 0 aromatic heterocycles. The van der Waals surface area contributed by atoms with Crippen LogP contribution in [0.3, 0.4) is 0 Å². The van der Waals surface area contributed by atoms with Crippen LogP contribution in [0.5, 0.6) is 0 Å². The summed E-state index contributed by atoms with van der Waals surface area (Å²) in [5.41, 5.74) is 0. The molecule has 0 amide bonds. The van der Waals surface area contributed by atoms with Gasteiger partial charge in [-0.15, -0.1) is 0 Å². The first-order valence-electron chi connectivity index (χ1n) is 6.04. The summed E-state index contributed by atoms with van der Waals surface area (Å²) in [5.74, 6) is -0.274.